The lowest BCUT2D eigenvalue weighted by atomic mass is 10.0. The number of nitrogens with one attached hydrogen (secondary N) is 4. The van der Waals surface area contributed by atoms with Crippen LogP contribution in [0.2, 0.25) is 0 Å². The quantitative estimate of drug-likeness (QED) is 0.0583. The molecule has 7 rings (SSSR count). The second kappa shape index (κ2) is 19.0. The number of carboxylic acid groups (broad SMARTS) is 1. The molecular formula is C47H51N7O7S. The summed E-state index contributed by atoms with van der Waals surface area (Å²) in [6, 6.07) is 29.5. The first kappa shape index (κ1) is 43.5. The van der Waals surface area contributed by atoms with E-state index in [1.165, 1.54) is 0 Å². The van der Waals surface area contributed by atoms with E-state index < -0.39 is 15.8 Å². The van der Waals surface area contributed by atoms with E-state index in [-0.39, 0.29) is 52.3 Å². The Bertz CT molecular complexity index is 2700. The van der Waals surface area contributed by atoms with E-state index in [1.54, 1.807) is 30.1 Å². The number of aryl methyl sites for hydroxylation is 2. The molecule has 0 bridgehead atoms. The van der Waals surface area contributed by atoms with Crippen molar-refractivity contribution >= 4 is 55.9 Å². The Morgan fingerprint density at radius 1 is 0.790 bits per heavy atom. The molecule has 0 unspecified atom stereocenters. The molecule has 0 spiro atoms. The van der Waals surface area contributed by atoms with Gasteiger partial charge in [0.1, 0.15) is 5.82 Å². The van der Waals surface area contributed by atoms with Crippen molar-refractivity contribution in [1.82, 2.24) is 25.0 Å². The fraction of sp³-hybridized carbons (Fsp3) is 0.298. The fourth-order valence-electron chi connectivity index (χ4n) is 8.06. The summed E-state index contributed by atoms with van der Waals surface area (Å²) in [4.78, 5) is 59.4. The maximum Gasteiger partial charge on any atom is 0.335 e. The number of amides is 3. The third kappa shape index (κ3) is 10.1. The third-order valence-electron chi connectivity index (χ3n) is 11.5. The average Bonchev–Trinajstić information content (AvgIpc) is 3.92. The van der Waals surface area contributed by atoms with Crippen LogP contribution in [-0.2, 0) is 40.7 Å². The summed E-state index contributed by atoms with van der Waals surface area (Å²) in [5.41, 5.74) is 6.45. The predicted molar refractivity (Wildman–Crippen MR) is 239 cm³/mol. The molecule has 0 aliphatic carbocycles. The molecular weight excluding hydrogens is 807 g/mol. The number of benzene rings is 4. The molecule has 2 aromatic heterocycles. The monoisotopic (exact) mass is 857 g/mol. The second-order valence-corrected chi connectivity index (χ2v) is 17.9. The largest absolute Gasteiger partial charge is 0.478 e. The number of carboxylic acids is 1. The molecule has 62 heavy (non-hydrogen) atoms. The normalized spacial score (nSPS) is 13.0. The van der Waals surface area contributed by atoms with Crippen LogP contribution in [0.4, 0.5) is 11.5 Å². The zero-order chi connectivity index (χ0) is 44.0. The number of sulfone groups is 1. The first-order valence-corrected chi connectivity index (χ1v) is 22.6. The standard InChI is InChI=1S/C47H51N7O7S/c1-4-36(5-2)54(25-24-53(3)46(57)42-38-28-62(60,61)29-40(38)51-52-42)27-32-12-9-13-34(26-32)44(55)50-43-41(37-14-6-7-15-39(37)49-43)45(56)48-35-22-18-31(19-23-35)11-8-10-30-16-20-33(21-17-30)47(58)59/h6-7,9,12-23,26,36,49H,4-5,8,10-11,24-25,27-29H2,1-3H3,(H,48,56)(H,50,55)(H,51,52)(H,58,59). The topological polar surface area (TPSA) is 198 Å². The number of H-pyrrole nitrogens is 2. The number of nitrogens with zero attached hydrogens (tertiary/aromatic N) is 3. The van der Waals surface area contributed by atoms with Crippen molar-refractivity contribution in [3.8, 4) is 0 Å². The van der Waals surface area contributed by atoms with Crippen LogP contribution in [0.25, 0.3) is 10.9 Å². The van der Waals surface area contributed by atoms with E-state index in [0.717, 1.165) is 48.8 Å². The maximum atomic E-state index is 13.9. The van der Waals surface area contributed by atoms with Crippen LogP contribution in [0.15, 0.2) is 97.1 Å². The Labute approximate surface area is 360 Å². The number of aromatic nitrogens is 3. The number of carbonyl (C=O) groups is 4. The first-order valence-electron chi connectivity index (χ1n) is 20.8. The van der Waals surface area contributed by atoms with E-state index in [4.69, 9.17) is 5.11 Å². The van der Waals surface area contributed by atoms with Crippen molar-refractivity contribution in [2.75, 3.05) is 30.8 Å². The van der Waals surface area contributed by atoms with Crippen LogP contribution in [-0.4, -0.2) is 88.4 Å². The fourth-order valence-corrected chi connectivity index (χ4v) is 9.59. The molecule has 3 amide bonds. The van der Waals surface area contributed by atoms with Crippen LogP contribution in [0.3, 0.4) is 0 Å². The molecule has 3 heterocycles. The minimum absolute atomic E-state index is 0.139. The molecule has 1 aliphatic heterocycles. The highest BCUT2D eigenvalue weighted by molar-refractivity contribution is 7.90. The highest BCUT2D eigenvalue weighted by Crippen LogP contribution is 2.29. The van der Waals surface area contributed by atoms with Gasteiger partial charge in [0.15, 0.2) is 15.5 Å². The Hall–Kier alpha value is -6.58. The SMILES string of the molecule is CCC(CC)N(CCN(C)C(=O)c1n[nH]c2c1CS(=O)(=O)C2)Cc1cccc(C(=O)Nc2[nH]c3ccccc3c2C(=O)Nc2ccc(CCCc3ccc(C(=O)O)cc3)cc2)c1. The Balaban J connectivity index is 0.995. The lowest BCUT2D eigenvalue weighted by molar-refractivity contribution is 0.0695. The zero-order valence-electron chi connectivity index (χ0n) is 35.0. The van der Waals surface area contributed by atoms with Gasteiger partial charge in [-0.05, 0) is 91.3 Å². The highest BCUT2D eigenvalue weighted by atomic mass is 32.2. The Kier molecular flexibility index (Phi) is 13.3. The number of anilines is 2. The Morgan fingerprint density at radius 3 is 2.18 bits per heavy atom. The van der Waals surface area contributed by atoms with Gasteiger partial charge in [-0.2, -0.15) is 5.10 Å². The van der Waals surface area contributed by atoms with Crippen molar-refractivity contribution in [2.45, 2.75) is 70.0 Å². The molecule has 0 saturated carbocycles. The molecule has 5 N–H and O–H groups in total. The molecule has 0 atom stereocenters. The number of hydrogen-bond acceptors (Lipinski definition) is 8. The van der Waals surface area contributed by atoms with Crippen LogP contribution < -0.4 is 10.6 Å². The molecule has 0 saturated heterocycles. The summed E-state index contributed by atoms with van der Waals surface area (Å²) in [5.74, 6) is -2.10. The molecule has 0 fully saturated rings. The summed E-state index contributed by atoms with van der Waals surface area (Å²) in [6.45, 7) is 5.68. The summed E-state index contributed by atoms with van der Waals surface area (Å²) < 4.78 is 24.3. The van der Waals surface area contributed by atoms with Gasteiger partial charge in [0.05, 0.1) is 28.3 Å². The van der Waals surface area contributed by atoms with E-state index in [0.29, 0.717) is 58.6 Å². The van der Waals surface area contributed by atoms with Gasteiger partial charge < -0.3 is 25.6 Å². The van der Waals surface area contributed by atoms with E-state index >= 15 is 0 Å². The minimum Gasteiger partial charge on any atom is -0.478 e. The number of fused-ring (bicyclic) bond motifs is 2. The number of rotatable bonds is 18. The van der Waals surface area contributed by atoms with Crippen molar-refractivity contribution < 1.29 is 32.7 Å². The summed E-state index contributed by atoms with van der Waals surface area (Å²) >= 11 is 0. The van der Waals surface area contributed by atoms with Gasteiger partial charge in [0.2, 0.25) is 0 Å². The number of hydrogen-bond donors (Lipinski definition) is 5. The smallest absolute Gasteiger partial charge is 0.335 e. The van der Waals surface area contributed by atoms with E-state index in [9.17, 15) is 27.6 Å². The molecule has 6 aromatic rings. The molecule has 4 aromatic carbocycles. The number of likely N-dealkylation sites (N-methyl/N-ethyl adjacent to an activating group) is 1. The van der Waals surface area contributed by atoms with Crippen molar-refractivity contribution in [3.63, 3.8) is 0 Å². The van der Waals surface area contributed by atoms with E-state index in [2.05, 4.69) is 44.6 Å². The summed E-state index contributed by atoms with van der Waals surface area (Å²) in [7, 11) is -1.60. The predicted octanol–water partition coefficient (Wildman–Crippen LogP) is 7.46. The van der Waals surface area contributed by atoms with Crippen LogP contribution in [0, 0.1) is 0 Å². The van der Waals surface area contributed by atoms with Crippen molar-refractivity contribution in [3.05, 3.63) is 147 Å². The average molecular weight is 858 g/mol. The van der Waals surface area contributed by atoms with Crippen LogP contribution in [0.1, 0.15) is 103 Å². The van der Waals surface area contributed by atoms with Crippen LogP contribution in [0.5, 0.6) is 0 Å². The Morgan fingerprint density at radius 2 is 1.48 bits per heavy atom. The molecule has 322 valence electrons. The first-order chi connectivity index (χ1) is 29.8. The zero-order valence-corrected chi connectivity index (χ0v) is 35.8. The van der Waals surface area contributed by atoms with Gasteiger partial charge in [-0.25, -0.2) is 13.2 Å². The highest BCUT2D eigenvalue weighted by Gasteiger charge is 2.33. The van der Waals surface area contributed by atoms with Gasteiger partial charge in [-0.3, -0.25) is 24.4 Å². The number of aromatic carboxylic acids is 1. The summed E-state index contributed by atoms with van der Waals surface area (Å²) in [5, 5.41) is 22.6. The lowest BCUT2D eigenvalue weighted by Gasteiger charge is -2.32. The maximum absolute atomic E-state index is 13.9. The third-order valence-corrected chi connectivity index (χ3v) is 13.0. The second-order valence-electron chi connectivity index (χ2n) is 15.8. The molecule has 1 aliphatic rings. The van der Waals surface area contributed by atoms with Gasteiger partial charge in [0.25, 0.3) is 17.7 Å². The minimum atomic E-state index is -3.29. The van der Waals surface area contributed by atoms with Gasteiger partial charge in [-0.15, -0.1) is 0 Å². The summed E-state index contributed by atoms with van der Waals surface area (Å²) in [6.07, 6.45) is 4.26. The lowest BCUT2D eigenvalue weighted by Crippen LogP contribution is -2.41. The van der Waals surface area contributed by atoms with Gasteiger partial charge >= 0.3 is 5.97 Å². The van der Waals surface area contributed by atoms with Crippen molar-refractivity contribution in [1.29, 1.82) is 0 Å². The number of aromatic amines is 2. The molecule has 15 heteroatoms. The molecule has 0 radical (unpaired) electrons. The molecule has 14 nitrogen and oxygen atoms in total. The van der Waals surface area contributed by atoms with Crippen LogP contribution >= 0.6 is 0 Å². The number of carbonyl (C=O) groups excluding carboxylic acids is 3. The van der Waals surface area contributed by atoms with Gasteiger partial charge in [-0.1, -0.05) is 68.4 Å². The van der Waals surface area contributed by atoms with Crippen molar-refractivity contribution in [2.24, 2.45) is 0 Å². The number of para-hydroxylation sites is 1. The van der Waals surface area contributed by atoms with Gasteiger partial charge in [0, 0.05) is 60.4 Å². The van der Waals surface area contributed by atoms with E-state index in [1.807, 2.05) is 78.9 Å².